The SMILES string of the molecule is C[C@H]1C[C@@H]2C[C@H](C1)C1(c3ccccc3-c3cc(N(c4ccc(-n5c6ccccc6c6ccccc65)cc4)c4ccc5c(c4)C(C)(C)c4ccccc4-5)ccc31)[C@H](C)C2. The van der Waals surface area contributed by atoms with Gasteiger partial charge in [-0.1, -0.05) is 125 Å². The van der Waals surface area contributed by atoms with Crippen molar-refractivity contribution in [1.82, 2.24) is 4.57 Å². The summed E-state index contributed by atoms with van der Waals surface area (Å²) in [5.74, 6) is 2.95. The van der Waals surface area contributed by atoms with Crippen LogP contribution in [0, 0.1) is 23.7 Å². The molecule has 2 saturated carbocycles. The first-order valence-electron chi connectivity index (χ1n) is 21.7. The Morgan fingerprint density at radius 3 is 1.79 bits per heavy atom. The van der Waals surface area contributed by atoms with Gasteiger partial charge in [-0.3, -0.25) is 0 Å². The van der Waals surface area contributed by atoms with Crippen LogP contribution in [0.25, 0.3) is 49.7 Å². The van der Waals surface area contributed by atoms with Crippen molar-refractivity contribution in [2.24, 2.45) is 23.7 Å². The van der Waals surface area contributed by atoms with Crippen molar-refractivity contribution in [3.63, 3.8) is 0 Å². The third-order valence-electron chi connectivity index (χ3n) is 15.3. The first-order valence-corrected chi connectivity index (χ1v) is 21.7. The summed E-state index contributed by atoms with van der Waals surface area (Å²) in [6.07, 6.45) is 5.42. The third kappa shape index (κ3) is 4.61. The number of para-hydroxylation sites is 2. The molecule has 2 heteroatoms. The molecule has 0 saturated heterocycles. The summed E-state index contributed by atoms with van der Waals surface area (Å²) in [4.78, 5) is 2.52. The molecule has 1 aromatic heterocycles. The minimum absolute atomic E-state index is 0.0772. The second kappa shape index (κ2) is 12.3. The number of aromatic nitrogens is 1. The van der Waals surface area contributed by atoms with E-state index in [1.54, 1.807) is 11.1 Å². The van der Waals surface area contributed by atoms with Gasteiger partial charge in [-0.2, -0.15) is 0 Å². The van der Waals surface area contributed by atoms with Crippen LogP contribution in [-0.4, -0.2) is 4.57 Å². The molecule has 1 heterocycles. The van der Waals surface area contributed by atoms with Crippen molar-refractivity contribution in [3.05, 3.63) is 180 Å². The summed E-state index contributed by atoms with van der Waals surface area (Å²) in [5, 5.41) is 2.57. The van der Waals surface area contributed by atoms with Gasteiger partial charge in [0.05, 0.1) is 11.0 Å². The smallest absolute Gasteiger partial charge is 0.0541 e. The maximum atomic E-state index is 2.57. The Labute approximate surface area is 342 Å². The molecule has 58 heavy (non-hydrogen) atoms. The van der Waals surface area contributed by atoms with E-state index in [-0.39, 0.29) is 10.8 Å². The van der Waals surface area contributed by atoms with Gasteiger partial charge in [0, 0.05) is 44.4 Å². The van der Waals surface area contributed by atoms with Crippen LogP contribution >= 0.6 is 0 Å². The summed E-state index contributed by atoms with van der Waals surface area (Å²) in [5.41, 5.74) is 18.7. The Kier molecular flexibility index (Phi) is 7.27. The summed E-state index contributed by atoms with van der Waals surface area (Å²) in [6, 6.07) is 60.1. The quantitative estimate of drug-likeness (QED) is 0.174. The van der Waals surface area contributed by atoms with Gasteiger partial charge in [0.2, 0.25) is 0 Å². The monoisotopic (exact) mass is 750 g/mol. The van der Waals surface area contributed by atoms with Crippen LogP contribution in [0.5, 0.6) is 0 Å². The molecule has 2 nitrogen and oxygen atoms in total. The lowest BCUT2D eigenvalue weighted by atomic mass is 9.49. The average molecular weight is 751 g/mol. The highest BCUT2D eigenvalue weighted by atomic mass is 15.1. The standard InChI is InChI=1S/C56H50N2/c1-35-29-37-31-36(2)56(38(30-35)32-37)50-18-10-6-14-44(50)48-33-41(26-28-51(48)56)57(42-25-27-45-43-13-5-9-17-49(43)55(3,4)52(45)34-42)39-21-23-40(24-22-39)58-53-19-11-7-15-46(53)47-16-8-12-20-54(47)58/h5-28,33-38H,29-32H2,1-4H3/t35-,36+,37-,38-,56?/m0/s1. The maximum Gasteiger partial charge on any atom is 0.0541 e. The van der Waals surface area contributed by atoms with Crippen molar-refractivity contribution < 1.29 is 0 Å². The molecule has 1 spiro atoms. The molecule has 8 aromatic rings. The average Bonchev–Trinajstić information content (AvgIpc) is 3.82. The summed E-state index contributed by atoms with van der Waals surface area (Å²) in [7, 11) is 0. The van der Waals surface area contributed by atoms with E-state index in [1.807, 2.05) is 0 Å². The van der Waals surface area contributed by atoms with Gasteiger partial charge in [-0.15, -0.1) is 0 Å². The van der Waals surface area contributed by atoms with Crippen LogP contribution in [0.1, 0.15) is 75.6 Å². The lowest BCUT2D eigenvalue weighted by Gasteiger charge is -2.54. The number of rotatable bonds is 4. The van der Waals surface area contributed by atoms with Gasteiger partial charge in [0.15, 0.2) is 0 Å². The fourth-order valence-electron chi connectivity index (χ4n) is 13.1. The van der Waals surface area contributed by atoms with Gasteiger partial charge in [0.1, 0.15) is 0 Å². The van der Waals surface area contributed by atoms with E-state index >= 15 is 0 Å². The fraction of sp³-hybridized carbons (Fsp3) is 0.250. The van der Waals surface area contributed by atoms with E-state index in [4.69, 9.17) is 0 Å². The van der Waals surface area contributed by atoms with Crippen LogP contribution in [0.3, 0.4) is 0 Å². The highest BCUT2D eigenvalue weighted by Gasteiger charge is 2.56. The molecular weight excluding hydrogens is 701 g/mol. The molecule has 0 N–H and O–H groups in total. The van der Waals surface area contributed by atoms with E-state index in [1.165, 1.54) is 97.9 Å². The summed E-state index contributed by atoms with van der Waals surface area (Å²) >= 11 is 0. The number of hydrogen-bond acceptors (Lipinski definition) is 1. The lowest BCUT2D eigenvalue weighted by molar-refractivity contribution is 0.0426. The van der Waals surface area contributed by atoms with E-state index in [0.717, 1.165) is 17.5 Å². The second-order valence-corrected chi connectivity index (χ2v) is 18.8. The molecule has 5 atom stereocenters. The number of anilines is 3. The molecule has 4 aliphatic rings. The Hall–Kier alpha value is -5.86. The van der Waals surface area contributed by atoms with Crippen molar-refractivity contribution in [1.29, 1.82) is 0 Å². The lowest BCUT2D eigenvalue weighted by Crippen LogP contribution is -2.49. The zero-order valence-corrected chi connectivity index (χ0v) is 34.0. The molecule has 0 amide bonds. The third-order valence-corrected chi connectivity index (χ3v) is 15.3. The van der Waals surface area contributed by atoms with Gasteiger partial charge >= 0.3 is 0 Å². The Morgan fingerprint density at radius 2 is 1.05 bits per heavy atom. The van der Waals surface area contributed by atoms with Crippen molar-refractivity contribution in [2.45, 2.75) is 64.2 Å². The van der Waals surface area contributed by atoms with E-state index < -0.39 is 0 Å². The maximum absolute atomic E-state index is 2.57. The van der Waals surface area contributed by atoms with Crippen LogP contribution in [0.4, 0.5) is 17.1 Å². The molecule has 2 bridgehead atoms. The molecular formula is C56H50N2. The highest BCUT2D eigenvalue weighted by molar-refractivity contribution is 6.09. The first kappa shape index (κ1) is 34.2. The molecule has 2 fully saturated rings. The summed E-state index contributed by atoms with van der Waals surface area (Å²) in [6.45, 7) is 9.86. The van der Waals surface area contributed by atoms with E-state index in [2.05, 4.69) is 195 Å². The van der Waals surface area contributed by atoms with Gasteiger partial charge in [0.25, 0.3) is 0 Å². The minimum Gasteiger partial charge on any atom is -0.310 e. The predicted molar refractivity (Wildman–Crippen MR) is 243 cm³/mol. The molecule has 0 radical (unpaired) electrons. The molecule has 12 rings (SSSR count). The Balaban J connectivity index is 1.04. The minimum atomic E-state index is -0.0939. The predicted octanol–water partition coefficient (Wildman–Crippen LogP) is 14.9. The molecule has 1 unspecified atom stereocenters. The van der Waals surface area contributed by atoms with Crippen LogP contribution in [0.15, 0.2) is 158 Å². The number of fused-ring (bicyclic) bond motifs is 14. The first-order chi connectivity index (χ1) is 28.3. The number of nitrogens with zero attached hydrogens (tertiary/aromatic N) is 2. The zero-order chi connectivity index (χ0) is 38.9. The second-order valence-electron chi connectivity index (χ2n) is 18.8. The van der Waals surface area contributed by atoms with Gasteiger partial charge < -0.3 is 9.47 Å². The van der Waals surface area contributed by atoms with Crippen molar-refractivity contribution in [3.8, 4) is 27.9 Å². The Bertz CT molecular complexity index is 2890. The van der Waals surface area contributed by atoms with Crippen molar-refractivity contribution >= 4 is 38.9 Å². The Morgan fingerprint density at radius 1 is 0.483 bits per heavy atom. The molecule has 4 aliphatic carbocycles. The van der Waals surface area contributed by atoms with E-state index in [0.29, 0.717) is 11.8 Å². The van der Waals surface area contributed by atoms with Crippen LogP contribution in [-0.2, 0) is 10.8 Å². The molecule has 284 valence electrons. The van der Waals surface area contributed by atoms with Gasteiger partial charge in [-0.05, 0) is 155 Å². The number of hydrogen-bond donors (Lipinski definition) is 0. The van der Waals surface area contributed by atoms with Gasteiger partial charge in [-0.25, -0.2) is 0 Å². The molecule has 0 aliphatic heterocycles. The number of benzene rings is 7. The normalized spacial score (nSPS) is 23.4. The van der Waals surface area contributed by atoms with Crippen LogP contribution < -0.4 is 4.90 Å². The molecule has 7 aromatic carbocycles. The zero-order valence-electron chi connectivity index (χ0n) is 34.0. The largest absolute Gasteiger partial charge is 0.310 e. The van der Waals surface area contributed by atoms with Crippen LogP contribution in [0.2, 0.25) is 0 Å². The summed E-state index contributed by atoms with van der Waals surface area (Å²) < 4.78 is 2.42. The highest BCUT2D eigenvalue weighted by Crippen LogP contribution is 2.65. The van der Waals surface area contributed by atoms with Crippen molar-refractivity contribution in [2.75, 3.05) is 4.90 Å². The fourth-order valence-corrected chi connectivity index (χ4v) is 13.1. The van der Waals surface area contributed by atoms with E-state index in [9.17, 15) is 0 Å². The topological polar surface area (TPSA) is 8.17 Å².